The van der Waals surface area contributed by atoms with Crippen molar-refractivity contribution < 1.29 is 32.3 Å². The fraction of sp³-hybridized carbons (Fsp3) is 0.348. The highest BCUT2D eigenvalue weighted by Crippen LogP contribution is 2.18. The van der Waals surface area contributed by atoms with Crippen molar-refractivity contribution >= 4 is 33.6 Å². The minimum atomic E-state index is -3.64. The van der Waals surface area contributed by atoms with Crippen LogP contribution < -0.4 is 10.0 Å². The molecule has 0 atom stereocenters. The van der Waals surface area contributed by atoms with Crippen LogP contribution in [-0.4, -0.2) is 46.0 Å². The van der Waals surface area contributed by atoms with Crippen LogP contribution in [0.25, 0.3) is 0 Å². The molecule has 0 saturated carbocycles. The number of benzene rings is 2. The number of carbonyl (C=O) groups is 3. The van der Waals surface area contributed by atoms with Crippen LogP contribution in [0, 0.1) is 0 Å². The van der Waals surface area contributed by atoms with Crippen molar-refractivity contribution in [2.75, 3.05) is 19.5 Å². The summed E-state index contributed by atoms with van der Waals surface area (Å²) in [6.45, 7) is 5.27. The highest BCUT2D eigenvalue weighted by molar-refractivity contribution is 7.89. The molecular weight excluding hydrogens is 448 g/mol. The van der Waals surface area contributed by atoms with Gasteiger partial charge in [-0.15, -0.1) is 0 Å². The standard InChI is InChI=1S/C23H28N2O7S/c1-23(2,3)25-33(29,30)19-9-6-15(7-10-19)8-11-20(26)24-18-13-16(21(27)31-4)12-17(14-18)22(28)32-5/h6-7,9-10,12-14,25H,8,11H2,1-5H3,(H,24,26). The van der Waals surface area contributed by atoms with Gasteiger partial charge in [-0.25, -0.2) is 22.7 Å². The average Bonchev–Trinajstić information content (AvgIpc) is 2.75. The van der Waals surface area contributed by atoms with E-state index < -0.39 is 27.5 Å². The van der Waals surface area contributed by atoms with E-state index in [1.165, 1.54) is 44.6 Å². The summed E-state index contributed by atoms with van der Waals surface area (Å²) in [5.74, 6) is -1.67. The Bertz CT molecular complexity index is 1100. The first-order valence-corrected chi connectivity index (χ1v) is 11.6. The number of sulfonamides is 1. The number of amides is 1. The normalized spacial score (nSPS) is 11.5. The van der Waals surface area contributed by atoms with Gasteiger partial charge in [-0.1, -0.05) is 12.1 Å². The Kier molecular flexibility index (Phi) is 8.34. The van der Waals surface area contributed by atoms with Crippen LogP contribution in [0.2, 0.25) is 0 Å². The van der Waals surface area contributed by atoms with Gasteiger partial charge >= 0.3 is 11.9 Å². The molecule has 0 heterocycles. The number of esters is 2. The lowest BCUT2D eigenvalue weighted by Crippen LogP contribution is -2.40. The Balaban J connectivity index is 2.07. The van der Waals surface area contributed by atoms with E-state index in [0.29, 0.717) is 6.42 Å². The average molecular weight is 477 g/mol. The van der Waals surface area contributed by atoms with E-state index in [-0.39, 0.29) is 34.0 Å². The van der Waals surface area contributed by atoms with Gasteiger partial charge in [0.1, 0.15) is 0 Å². The summed E-state index contributed by atoms with van der Waals surface area (Å²) in [5.41, 5.74) is 0.609. The number of aryl methyl sites for hydroxylation is 1. The molecule has 0 aliphatic carbocycles. The van der Waals surface area contributed by atoms with Gasteiger partial charge < -0.3 is 14.8 Å². The van der Waals surface area contributed by atoms with E-state index in [4.69, 9.17) is 0 Å². The maximum atomic E-state index is 12.4. The number of carbonyl (C=O) groups excluding carboxylic acids is 3. The van der Waals surface area contributed by atoms with Crippen molar-refractivity contribution in [3.63, 3.8) is 0 Å². The molecule has 0 fully saturated rings. The summed E-state index contributed by atoms with van der Waals surface area (Å²) < 4.78 is 36.7. The number of hydrogen-bond donors (Lipinski definition) is 2. The van der Waals surface area contributed by atoms with Gasteiger partial charge in [0, 0.05) is 17.6 Å². The predicted molar refractivity (Wildman–Crippen MR) is 123 cm³/mol. The molecule has 2 aromatic rings. The summed E-state index contributed by atoms with van der Waals surface area (Å²) in [4.78, 5) is 36.3. The summed E-state index contributed by atoms with van der Waals surface area (Å²) in [6, 6.07) is 10.4. The second-order valence-corrected chi connectivity index (χ2v) is 10.0. The number of anilines is 1. The van der Waals surface area contributed by atoms with Crippen molar-refractivity contribution in [1.82, 2.24) is 4.72 Å². The molecule has 0 aliphatic heterocycles. The van der Waals surface area contributed by atoms with E-state index >= 15 is 0 Å². The molecular formula is C23H28N2O7S. The van der Waals surface area contributed by atoms with Gasteiger partial charge in [0.25, 0.3) is 0 Å². The third-order valence-electron chi connectivity index (χ3n) is 4.37. The minimum Gasteiger partial charge on any atom is -0.465 e. The first-order valence-electron chi connectivity index (χ1n) is 10.1. The first-order chi connectivity index (χ1) is 15.3. The first kappa shape index (κ1) is 26.0. The molecule has 0 bridgehead atoms. The van der Waals surface area contributed by atoms with E-state index in [2.05, 4.69) is 19.5 Å². The quantitative estimate of drug-likeness (QED) is 0.561. The molecule has 178 valence electrons. The second kappa shape index (κ2) is 10.6. The number of rotatable bonds is 8. The Labute approximate surface area is 193 Å². The highest BCUT2D eigenvalue weighted by atomic mass is 32.2. The Hall–Kier alpha value is -3.24. The lowest BCUT2D eigenvalue weighted by Gasteiger charge is -2.20. The maximum Gasteiger partial charge on any atom is 0.337 e. The molecule has 0 unspecified atom stereocenters. The zero-order chi connectivity index (χ0) is 24.8. The number of hydrogen-bond acceptors (Lipinski definition) is 7. The summed E-state index contributed by atoms with van der Waals surface area (Å²) in [7, 11) is -1.22. The molecule has 2 N–H and O–H groups in total. The molecule has 0 saturated heterocycles. The van der Waals surface area contributed by atoms with Gasteiger partial charge in [0.05, 0.1) is 30.2 Å². The van der Waals surface area contributed by atoms with Gasteiger partial charge in [-0.2, -0.15) is 0 Å². The molecule has 0 spiro atoms. The molecule has 0 aliphatic rings. The lowest BCUT2D eigenvalue weighted by molar-refractivity contribution is -0.116. The van der Waals surface area contributed by atoms with Crippen LogP contribution in [0.4, 0.5) is 5.69 Å². The SMILES string of the molecule is COC(=O)c1cc(NC(=O)CCc2ccc(S(=O)(=O)NC(C)(C)C)cc2)cc(C(=O)OC)c1. The number of nitrogens with one attached hydrogen (secondary N) is 2. The molecule has 2 aromatic carbocycles. The van der Waals surface area contributed by atoms with Crippen LogP contribution in [0.15, 0.2) is 47.4 Å². The van der Waals surface area contributed by atoms with Gasteiger partial charge in [0.15, 0.2) is 0 Å². The van der Waals surface area contributed by atoms with E-state index in [0.717, 1.165) is 5.56 Å². The second-order valence-electron chi connectivity index (χ2n) is 8.33. The summed E-state index contributed by atoms with van der Waals surface area (Å²) in [5, 5.41) is 2.65. The molecule has 10 heteroatoms. The smallest absolute Gasteiger partial charge is 0.337 e. The van der Waals surface area contributed by atoms with Crippen molar-refractivity contribution in [1.29, 1.82) is 0 Å². The topological polar surface area (TPSA) is 128 Å². The zero-order valence-electron chi connectivity index (χ0n) is 19.2. The van der Waals surface area contributed by atoms with E-state index in [9.17, 15) is 22.8 Å². The largest absolute Gasteiger partial charge is 0.465 e. The summed E-state index contributed by atoms with van der Waals surface area (Å²) >= 11 is 0. The zero-order valence-corrected chi connectivity index (χ0v) is 20.0. The van der Waals surface area contributed by atoms with Crippen molar-refractivity contribution in [3.8, 4) is 0 Å². The van der Waals surface area contributed by atoms with Gasteiger partial charge in [-0.3, -0.25) is 4.79 Å². The molecule has 1 amide bonds. The molecule has 0 aromatic heterocycles. The van der Waals surface area contributed by atoms with Crippen LogP contribution in [0.3, 0.4) is 0 Å². The predicted octanol–water partition coefficient (Wildman–Crippen LogP) is 2.91. The molecule has 2 rings (SSSR count). The van der Waals surface area contributed by atoms with Gasteiger partial charge in [0.2, 0.25) is 15.9 Å². The Morgan fingerprint density at radius 3 is 1.85 bits per heavy atom. The minimum absolute atomic E-state index is 0.0939. The Morgan fingerprint density at radius 1 is 0.879 bits per heavy atom. The molecule has 9 nitrogen and oxygen atoms in total. The van der Waals surface area contributed by atoms with Crippen molar-refractivity contribution in [2.24, 2.45) is 0 Å². The molecule has 0 radical (unpaired) electrons. The molecule has 33 heavy (non-hydrogen) atoms. The third kappa shape index (κ3) is 7.69. The number of methoxy groups -OCH3 is 2. The van der Waals surface area contributed by atoms with Crippen LogP contribution in [0.5, 0.6) is 0 Å². The monoisotopic (exact) mass is 476 g/mol. The fourth-order valence-corrected chi connectivity index (χ4v) is 4.37. The fourth-order valence-electron chi connectivity index (χ4n) is 2.95. The Morgan fingerprint density at radius 2 is 1.39 bits per heavy atom. The summed E-state index contributed by atoms with van der Waals surface area (Å²) in [6.07, 6.45) is 0.460. The van der Waals surface area contributed by atoms with Crippen molar-refractivity contribution in [2.45, 2.75) is 44.0 Å². The maximum absolute atomic E-state index is 12.4. The lowest BCUT2D eigenvalue weighted by atomic mass is 10.1. The van der Waals surface area contributed by atoms with E-state index in [1.54, 1.807) is 32.9 Å². The van der Waals surface area contributed by atoms with E-state index in [1.807, 2.05) is 0 Å². The highest BCUT2D eigenvalue weighted by Gasteiger charge is 2.21. The number of ether oxygens (including phenoxy) is 2. The van der Waals surface area contributed by atoms with Crippen LogP contribution in [0.1, 0.15) is 53.5 Å². The van der Waals surface area contributed by atoms with Crippen LogP contribution >= 0.6 is 0 Å². The van der Waals surface area contributed by atoms with Crippen LogP contribution in [-0.2, 0) is 30.7 Å². The van der Waals surface area contributed by atoms with Crippen molar-refractivity contribution in [3.05, 3.63) is 59.2 Å². The van der Waals surface area contributed by atoms with Gasteiger partial charge in [-0.05, 0) is 63.1 Å². The third-order valence-corrected chi connectivity index (χ3v) is 6.15.